The average molecular weight is 292 g/mol. The monoisotopic (exact) mass is 291 g/mol. The normalized spacial score (nSPS) is 10.3. The van der Waals surface area contributed by atoms with Crippen LogP contribution in [0.4, 0.5) is 11.4 Å². The summed E-state index contributed by atoms with van der Waals surface area (Å²) < 4.78 is 1.25. The second kappa shape index (κ2) is 5.79. The Bertz CT molecular complexity index is 710. The topological polar surface area (TPSA) is 77.1 Å². The first-order valence-corrected chi connectivity index (χ1v) is 6.36. The minimum Gasteiger partial charge on any atom is -0.398 e. The summed E-state index contributed by atoms with van der Waals surface area (Å²) in [6.45, 7) is 1.71. The largest absolute Gasteiger partial charge is 0.398 e. The third-order valence-electron chi connectivity index (χ3n) is 2.86. The lowest BCUT2D eigenvalue weighted by Gasteiger charge is -2.10. The number of halogens is 1. The van der Waals surface area contributed by atoms with E-state index in [1.165, 1.54) is 22.9 Å². The van der Waals surface area contributed by atoms with Gasteiger partial charge in [0.2, 0.25) is 5.91 Å². The van der Waals surface area contributed by atoms with Gasteiger partial charge in [-0.15, -0.1) is 0 Å². The number of nitrogens with one attached hydrogen (secondary N) is 1. The number of nitrogens with two attached hydrogens (primary N) is 1. The predicted octanol–water partition coefficient (Wildman–Crippen LogP) is 2.03. The number of carbonyl (C=O) groups excluding carboxylic acids is 1. The van der Waals surface area contributed by atoms with Crippen LogP contribution in [0, 0.1) is 6.92 Å². The Morgan fingerprint density at radius 1 is 1.35 bits per heavy atom. The Labute approximate surface area is 121 Å². The molecule has 0 spiro atoms. The van der Waals surface area contributed by atoms with E-state index in [2.05, 4.69) is 5.32 Å². The highest BCUT2D eigenvalue weighted by molar-refractivity contribution is 6.31. The van der Waals surface area contributed by atoms with Crippen LogP contribution in [0.5, 0.6) is 0 Å². The molecule has 104 valence electrons. The van der Waals surface area contributed by atoms with Crippen LogP contribution in [0.3, 0.4) is 0 Å². The van der Waals surface area contributed by atoms with E-state index in [9.17, 15) is 9.59 Å². The number of amides is 1. The Morgan fingerprint density at radius 2 is 2.10 bits per heavy atom. The first-order chi connectivity index (χ1) is 9.47. The lowest BCUT2D eigenvalue weighted by Crippen LogP contribution is -2.27. The number of benzene rings is 1. The van der Waals surface area contributed by atoms with E-state index in [0.717, 1.165) is 5.56 Å². The van der Waals surface area contributed by atoms with Crippen molar-refractivity contribution in [2.24, 2.45) is 0 Å². The number of nitrogen functional groups attached to an aromatic ring is 1. The molecular formula is C14H14ClN3O2. The van der Waals surface area contributed by atoms with Crippen LogP contribution in [-0.2, 0) is 11.3 Å². The van der Waals surface area contributed by atoms with Gasteiger partial charge in [-0.1, -0.05) is 17.7 Å². The Balaban J connectivity index is 2.15. The lowest BCUT2D eigenvalue weighted by atomic mass is 10.2. The summed E-state index contributed by atoms with van der Waals surface area (Å²) in [5, 5.41) is 3.30. The molecule has 1 heterocycles. The number of nitrogens with zero attached hydrogens (tertiary/aromatic N) is 1. The molecule has 0 aliphatic rings. The zero-order valence-electron chi connectivity index (χ0n) is 10.9. The fourth-order valence-corrected chi connectivity index (χ4v) is 1.94. The SMILES string of the molecule is Cc1c(Cl)cccc1NC(=O)Cn1cc(N)ccc1=O. The van der Waals surface area contributed by atoms with Crippen molar-refractivity contribution >= 4 is 28.9 Å². The number of hydrogen-bond donors (Lipinski definition) is 2. The number of anilines is 2. The van der Waals surface area contributed by atoms with E-state index in [4.69, 9.17) is 17.3 Å². The maximum atomic E-state index is 12.0. The molecule has 0 aliphatic carbocycles. The maximum absolute atomic E-state index is 12.0. The van der Waals surface area contributed by atoms with Crippen LogP contribution in [0.15, 0.2) is 41.3 Å². The molecule has 0 radical (unpaired) electrons. The van der Waals surface area contributed by atoms with Crippen molar-refractivity contribution in [2.75, 3.05) is 11.1 Å². The second-order valence-corrected chi connectivity index (χ2v) is 4.80. The van der Waals surface area contributed by atoms with E-state index < -0.39 is 0 Å². The van der Waals surface area contributed by atoms with Gasteiger partial charge < -0.3 is 15.6 Å². The molecular weight excluding hydrogens is 278 g/mol. The Kier molecular flexibility index (Phi) is 4.10. The molecule has 6 heteroatoms. The van der Waals surface area contributed by atoms with Crippen LogP contribution >= 0.6 is 11.6 Å². The molecule has 2 rings (SSSR count). The van der Waals surface area contributed by atoms with Crippen LogP contribution in [0.1, 0.15) is 5.56 Å². The number of carbonyl (C=O) groups is 1. The number of pyridine rings is 1. The average Bonchev–Trinajstić information content (AvgIpc) is 2.39. The summed E-state index contributed by atoms with van der Waals surface area (Å²) in [5.41, 5.74) is 7.14. The van der Waals surface area contributed by atoms with Crippen molar-refractivity contribution < 1.29 is 4.79 Å². The number of hydrogen-bond acceptors (Lipinski definition) is 3. The molecule has 0 bridgehead atoms. The highest BCUT2D eigenvalue weighted by Gasteiger charge is 2.08. The van der Waals surface area contributed by atoms with Crippen molar-refractivity contribution in [3.8, 4) is 0 Å². The summed E-state index contributed by atoms with van der Waals surface area (Å²) >= 11 is 5.98. The van der Waals surface area contributed by atoms with Crippen LogP contribution in [0.2, 0.25) is 5.02 Å². The van der Waals surface area contributed by atoms with Crippen LogP contribution < -0.4 is 16.6 Å². The molecule has 1 aromatic carbocycles. The van der Waals surface area contributed by atoms with Crippen molar-refractivity contribution in [1.82, 2.24) is 4.57 Å². The molecule has 1 aromatic heterocycles. The van der Waals surface area contributed by atoms with E-state index in [0.29, 0.717) is 16.4 Å². The third kappa shape index (κ3) is 3.19. The summed E-state index contributed by atoms with van der Waals surface area (Å²) in [6, 6.07) is 8.07. The smallest absolute Gasteiger partial charge is 0.251 e. The zero-order valence-corrected chi connectivity index (χ0v) is 11.6. The molecule has 0 saturated carbocycles. The van der Waals surface area contributed by atoms with Crippen molar-refractivity contribution in [1.29, 1.82) is 0 Å². The molecule has 1 amide bonds. The Hall–Kier alpha value is -2.27. The molecule has 0 aliphatic heterocycles. The molecule has 0 atom stereocenters. The molecule has 0 fully saturated rings. The molecule has 2 aromatic rings. The molecule has 0 unspecified atom stereocenters. The first kappa shape index (κ1) is 14.1. The lowest BCUT2D eigenvalue weighted by molar-refractivity contribution is -0.116. The van der Waals surface area contributed by atoms with Gasteiger partial charge in [0.1, 0.15) is 6.54 Å². The molecule has 5 nitrogen and oxygen atoms in total. The summed E-state index contributed by atoms with van der Waals surface area (Å²) in [5.74, 6) is -0.317. The van der Waals surface area contributed by atoms with Gasteiger partial charge in [0.05, 0.1) is 0 Å². The highest BCUT2D eigenvalue weighted by atomic mass is 35.5. The second-order valence-electron chi connectivity index (χ2n) is 4.39. The highest BCUT2D eigenvalue weighted by Crippen LogP contribution is 2.22. The minimum absolute atomic E-state index is 0.101. The summed E-state index contributed by atoms with van der Waals surface area (Å²) in [4.78, 5) is 23.5. The fourth-order valence-electron chi connectivity index (χ4n) is 1.76. The van der Waals surface area contributed by atoms with Crippen molar-refractivity contribution in [3.63, 3.8) is 0 Å². The van der Waals surface area contributed by atoms with Gasteiger partial charge in [-0.3, -0.25) is 9.59 Å². The van der Waals surface area contributed by atoms with Crippen molar-refractivity contribution in [3.05, 3.63) is 57.5 Å². The number of rotatable bonds is 3. The van der Waals surface area contributed by atoms with Gasteiger partial charge in [0.15, 0.2) is 0 Å². The molecule has 0 saturated heterocycles. The third-order valence-corrected chi connectivity index (χ3v) is 3.27. The van der Waals surface area contributed by atoms with E-state index >= 15 is 0 Å². The van der Waals surface area contributed by atoms with Gasteiger partial charge >= 0.3 is 0 Å². The molecule has 20 heavy (non-hydrogen) atoms. The van der Waals surface area contributed by atoms with Gasteiger partial charge in [-0.25, -0.2) is 0 Å². The van der Waals surface area contributed by atoms with Gasteiger partial charge in [0.25, 0.3) is 5.56 Å². The fraction of sp³-hybridized carbons (Fsp3) is 0.143. The van der Waals surface area contributed by atoms with E-state index in [1.807, 2.05) is 6.92 Å². The van der Waals surface area contributed by atoms with E-state index in [-0.39, 0.29) is 18.0 Å². The summed E-state index contributed by atoms with van der Waals surface area (Å²) in [7, 11) is 0. The van der Waals surface area contributed by atoms with E-state index in [1.54, 1.807) is 18.2 Å². The zero-order chi connectivity index (χ0) is 14.7. The first-order valence-electron chi connectivity index (χ1n) is 5.98. The van der Waals surface area contributed by atoms with Gasteiger partial charge in [-0.05, 0) is 30.7 Å². The molecule has 3 N–H and O–H groups in total. The van der Waals surface area contributed by atoms with Gasteiger partial charge in [-0.2, -0.15) is 0 Å². The van der Waals surface area contributed by atoms with Crippen molar-refractivity contribution in [2.45, 2.75) is 13.5 Å². The standard InChI is InChI=1S/C14H14ClN3O2/c1-9-11(15)3-2-4-12(9)17-13(19)8-18-7-10(16)5-6-14(18)20/h2-7H,8,16H2,1H3,(H,17,19). The van der Waals surface area contributed by atoms with Crippen LogP contribution in [-0.4, -0.2) is 10.5 Å². The quantitative estimate of drug-likeness (QED) is 0.908. The number of aromatic nitrogens is 1. The minimum atomic E-state index is -0.317. The Morgan fingerprint density at radius 3 is 2.85 bits per heavy atom. The maximum Gasteiger partial charge on any atom is 0.251 e. The predicted molar refractivity (Wildman–Crippen MR) is 79.9 cm³/mol. The van der Waals surface area contributed by atoms with Crippen LogP contribution in [0.25, 0.3) is 0 Å². The summed E-state index contributed by atoms with van der Waals surface area (Å²) in [6.07, 6.45) is 1.44. The van der Waals surface area contributed by atoms with Gasteiger partial charge in [0, 0.05) is 28.7 Å².